The van der Waals surface area contributed by atoms with Crippen LogP contribution < -0.4 is 20.7 Å². The van der Waals surface area contributed by atoms with Gasteiger partial charge in [-0.05, 0) is 61.1 Å². The quantitative estimate of drug-likeness (QED) is 0.318. The van der Waals surface area contributed by atoms with Crippen LogP contribution in [0.4, 0.5) is 5.69 Å². The number of hydrogen-bond acceptors (Lipinski definition) is 6. The van der Waals surface area contributed by atoms with E-state index in [4.69, 9.17) is 33.3 Å². The molecule has 3 aromatic rings. The average molecular weight is 492 g/mol. The molecule has 1 aromatic heterocycles. The third-order valence-electron chi connectivity index (χ3n) is 4.49. The second-order valence-electron chi connectivity index (χ2n) is 6.70. The topological polar surface area (TPSA) is 88.7 Å². The van der Waals surface area contributed by atoms with Gasteiger partial charge in [-0.1, -0.05) is 11.6 Å². The van der Waals surface area contributed by atoms with Gasteiger partial charge in [-0.15, -0.1) is 11.3 Å². The van der Waals surface area contributed by atoms with E-state index >= 15 is 0 Å². The minimum Gasteiger partial charge on any atom is -0.497 e. The van der Waals surface area contributed by atoms with E-state index < -0.39 is 5.91 Å². The molecule has 10 heteroatoms. The van der Waals surface area contributed by atoms with Gasteiger partial charge in [-0.3, -0.25) is 14.9 Å². The second kappa shape index (κ2) is 11.2. The first-order chi connectivity index (χ1) is 15.4. The molecule has 0 aliphatic carbocycles. The van der Waals surface area contributed by atoms with E-state index in [9.17, 15) is 9.59 Å². The summed E-state index contributed by atoms with van der Waals surface area (Å²) >= 11 is 12.9. The summed E-state index contributed by atoms with van der Waals surface area (Å²) in [5, 5.41) is 9.66. The van der Waals surface area contributed by atoms with Crippen LogP contribution in [0.5, 0.6) is 5.75 Å². The van der Waals surface area contributed by atoms with Crippen molar-refractivity contribution in [3.8, 4) is 5.75 Å². The Labute approximate surface area is 200 Å². The monoisotopic (exact) mass is 491 g/mol. The Kier molecular flexibility index (Phi) is 8.40. The number of hydrogen-bond donors (Lipinski definition) is 3. The lowest BCUT2D eigenvalue weighted by atomic mass is 10.2. The molecule has 0 spiro atoms. The van der Waals surface area contributed by atoms with Gasteiger partial charge in [0.15, 0.2) is 5.11 Å². The zero-order valence-corrected chi connectivity index (χ0v) is 19.9. The normalized spacial score (nSPS) is 10.6. The van der Waals surface area contributed by atoms with Crippen molar-refractivity contribution in [2.75, 3.05) is 32.7 Å². The minimum atomic E-state index is -0.403. The smallest absolute Gasteiger partial charge is 0.269 e. The van der Waals surface area contributed by atoms with Crippen molar-refractivity contribution in [1.29, 1.82) is 0 Å². The van der Waals surface area contributed by atoms with E-state index in [-0.39, 0.29) is 11.0 Å². The number of carbonyl (C=O) groups excluding carboxylic acids is 2. The number of rotatable bonds is 8. The molecule has 0 saturated carbocycles. The Balaban J connectivity index is 1.58. The summed E-state index contributed by atoms with van der Waals surface area (Å²) in [5.74, 6) is 0.117. The predicted octanol–water partition coefficient (Wildman–Crippen LogP) is 4.46. The molecule has 0 fully saturated rings. The molecule has 1 heterocycles. The highest BCUT2D eigenvalue weighted by atomic mass is 35.5. The Hall–Kier alpha value is -2.72. The Morgan fingerprint density at radius 1 is 1.09 bits per heavy atom. The predicted molar refractivity (Wildman–Crippen MR) is 132 cm³/mol. The standard InChI is InChI=1S/C22H22ClN3O4S2/c1-29-11-3-10-24-20(27)13-4-6-14(7-5-13)25-22(31)26-21(28)19-18(23)16-9-8-15(30-2)12-17(16)32-19/h4-9,12H,3,10-11H2,1-2H3,(H,24,27)(H2,25,26,28,31). The largest absolute Gasteiger partial charge is 0.497 e. The van der Waals surface area contributed by atoms with E-state index in [1.54, 1.807) is 44.6 Å². The van der Waals surface area contributed by atoms with Crippen LogP contribution in [0.1, 0.15) is 26.5 Å². The molecule has 0 aliphatic heterocycles. The van der Waals surface area contributed by atoms with Crippen LogP contribution >= 0.6 is 35.2 Å². The Morgan fingerprint density at radius 2 is 1.84 bits per heavy atom. The molecule has 3 rings (SSSR count). The number of ether oxygens (including phenoxy) is 2. The molecule has 0 atom stereocenters. The molecule has 0 unspecified atom stereocenters. The summed E-state index contributed by atoms with van der Waals surface area (Å²) in [6.07, 6.45) is 0.743. The van der Waals surface area contributed by atoms with Gasteiger partial charge in [0.25, 0.3) is 11.8 Å². The number of carbonyl (C=O) groups is 2. The summed E-state index contributed by atoms with van der Waals surface area (Å²) in [7, 11) is 3.20. The van der Waals surface area contributed by atoms with Gasteiger partial charge >= 0.3 is 0 Å². The summed E-state index contributed by atoms with van der Waals surface area (Å²) < 4.78 is 11.0. The number of methoxy groups -OCH3 is 2. The zero-order chi connectivity index (χ0) is 23.1. The molecule has 2 aromatic carbocycles. The highest BCUT2D eigenvalue weighted by molar-refractivity contribution is 7.80. The molecule has 2 amide bonds. The summed E-state index contributed by atoms with van der Waals surface area (Å²) in [6, 6.07) is 12.2. The van der Waals surface area contributed by atoms with Crippen molar-refractivity contribution in [1.82, 2.24) is 10.6 Å². The Bertz CT molecular complexity index is 1130. The summed E-state index contributed by atoms with van der Waals surface area (Å²) in [4.78, 5) is 25.2. The van der Waals surface area contributed by atoms with Gasteiger partial charge in [0, 0.05) is 41.6 Å². The van der Waals surface area contributed by atoms with Gasteiger partial charge in [0.05, 0.1) is 12.1 Å². The minimum absolute atomic E-state index is 0.123. The lowest BCUT2D eigenvalue weighted by molar-refractivity contribution is 0.0946. The fourth-order valence-corrected chi connectivity index (χ4v) is 4.52. The van der Waals surface area contributed by atoms with Crippen LogP contribution in [-0.4, -0.2) is 44.3 Å². The van der Waals surface area contributed by atoms with Crippen LogP contribution in [0.25, 0.3) is 10.1 Å². The first-order valence-corrected chi connectivity index (χ1v) is 11.3. The van der Waals surface area contributed by atoms with Crippen LogP contribution in [0.3, 0.4) is 0 Å². The van der Waals surface area contributed by atoms with Gasteiger partial charge < -0.3 is 20.1 Å². The number of halogens is 1. The lowest BCUT2D eigenvalue weighted by Crippen LogP contribution is -2.33. The third-order valence-corrected chi connectivity index (χ3v) is 6.35. The van der Waals surface area contributed by atoms with Crippen molar-refractivity contribution >= 4 is 67.9 Å². The van der Waals surface area contributed by atoms with E-state index in [2.05, 4.69) is 16.0 Å². The second-order valence-corrected chi connectivity index (χ2v) is 8.53. The van der Waals surface area contributed by atoms with Crippen LogP contribution in [0, 0.1) is 0 Å². The molecule has 3 N–H and O–H groups in total. The molecule has 168 valence electrons. The fraction of sp³-hybridized carbons (Fsp3) is 0.227. The molecule has 0 radical (unpaired) electrons. The number of benzene rings is 2. The van der Waals surface area contributed by atoms with Gasteiger partial charge in [-0.25, -0.2) is 0 Å². The number of thiophene rings is 1. The summed E-state index contributed by atoms with van der Waals surface area (Å²) in [6.45, 7) is 1.13. The van der Waals surface area contributed by atoms with Crippen LogP contribution in [0.15, 0.2) is 42.5 Å². The highest BCUT2D eigenvalue weighted by Crippen LogP contribution is 2.37. The Morgan fingerprint density at radius 3 is 2.53 bits per heavy atom. The molecular formula is C22H22ClN3O4S2. The van der Waals surface area contributed by atoms with E-state index in [0.29, 0.717) is 40.1 Å². The van der Waals surface area contributed by atoms with Crippen molar-refractivity contribution < 1.29 is 19.1 Å². The number of amides is 2. The maximum Gasteiger partial charge on any atom is 0.269 e. The first-order valence-electron chi connectivity index (χ1n) is 9.68. The van der Waals surface area contributed by atoms with E-state index in [0.717, 1.165) is 16.5 Å². The third kappa shape index (κ3) is 5.95. The highest BCUT2D eigenvalue weighted by Gasteiger charge is 2.18. The number of anilines is 1. The van der Waals surface area contributed by atoms with Crippen LogP contribution in [0.2, 0.25) is 5.02 Å². The number of fused-ring (bicyclic) bond motifs is 1. The van der Waals surface area contributed by atoms with Crippen molar-refractivity contribution in [3.63, 3.8) is 0 Å². The maximum atomic E-state index is 12.7. The van der Waals surface area contributed by atoms with Gasteiger partial charge in [-0.2, -0.15) is 0 Å². The fourth-order valence-electron chi connectivity index (χ4n) is 2.87. The molecule has 0 aliphatic rings. The van der Waals surface area contributed by atoms with Gasteiger partial charge in [0.2, 0.25) is 0 Å². The van der Waals surface area contributed by atoms with Crippen molar-refractivity contribution in [2.45, 2.75) is 6.42 Å². The molecular weight excluding hydrogens is 470 g/mol. The van der Waals surface area contributed by atoms with E-state index in [1.807, 2.05) is 12.1 Å². The number of nitrogens with one attached hydrogen (secondary N) is 3. The number of thiocarbonyl (C=S) groups is 1. The van der Waals surface area contributed by atoms with Crippen LogP contribution in [-0.2, 0) is 4.74 Å². The van der Waals surface area contributed by atoms with Crippen molar-refractivity contribution in [2.24, 2.45) is 0 Å². The summed E-state index contributed by atoms with van der Waals surface area (Å²) in [5.41, 5.74) is 1.16. The molecule has 0 saturated heterocycles. The molecule has 32 heavy (non-hydrogen) atoms. The van der Waals surface area contributed by atoms with Gasteiger partial charge in [0.1, 0.15) is 10.6 Å². The lowest BCUT2D eigenvalue weighted by Gasteiger charge is -2.10. The van der Waals surface area contributed by atoms with Crippen molar-refractivity contribution in [3.05, 3.63) is 57.9 Å². The zero-order valence-electron chi connectivity index (χ0n) is 17.5. The van der Waals surface area contributed by atoms with E-state index in [1.165, 1.54) is 11.3 Å². The average Bonchev–Trinajstić information content (AvgIpc) is 3.12. The first kappa shape index (κ1) is 23.9. The SMILES string of the molecule is COCCCNC(=O)c1ccc(NC(=S)NC(=O)c2sc3cc(OC)ccc3c2Cl)cc1. The molecule has 7 nitrogen and oxygen atoms in total. The maximum absolute atomic E-state index is 12.7. The molecule has 0 bridgehead atoms.